The van der Waals surface area contributed by atoms with E-state index in [9.17, 15) is 14.4 Å². The van der Waals surface area contributed by atoms with Gasteiger partial charge in [-0.05, 0) is 42.9 Å². The van der Waals surface area contributed by atoms with Gasteiger partial charge in [0.2, 0.25) is 5.91 Å². The number of hydrogen-bond donors (Lipinski definition) is 2. The van der Waals surface area contributed by atoms with Gasteiger partial charge in [-0.1, -0.05) is 6.07 Å². The maximum absolute atomic E-state index is 13.0. The van der Waals surface area contributed by atoms with E-state index in [1.54, 1.807) is 4.90 Å². The fourth-order valence-corrected chi connectivity index (χ4v) is 4.42. The van der Waals surface area contributed by atoms with Gasteiger partial charge in [-0.25, -0.2) is 4.79 Å². The molecule has 1 spiro atoms. The summed E-state index contributed by atoms with van der Waals surface area (Å²) in [4.78, 5) is 38.4. The summed E-state index contributed by atoms with van der Waals surface area (Å²) in [6.07, 6.45) is 2.05. The van der Waals surface area contributed by atoms with Crippen LogP contribution in [-0.4, -0.2) is 54.6 Å². The fraction of sp³-hybridized carbons (Fsp3) is 0.526. The van der Waals surface area contributed by atoms with Crippen LogP contribution in [0.25, 0.3) is 0 Å². The molecule has 0 unspecified atom stereocenters. The summed E-state index contributed by atoms with van der Waals surface area (Å²) >= 11 is 0. The molecule has 4 aliphatic rings. The van der Waals surface area contributed by atoms with Crippen molar-refractivity contribution in [1.82, 2.24) is 15.5 Å². The lowest BCUT2D eigenvalue weighted by atomic mass is 9.89. The minimum Gasteiger partial charge on any atom is -0.486 e. The van der Waals surface area contributed by atoms with E-state index in [0.29, 0.717) is 32.6 Å². The Hall–Kier alpha value is -2.77. The van der Waals surface area contributed by atoms with Crippen LogP contribution in [0.1, 0.15) is 30.7 Å². The Balaban J connectivity index is 1.28. The predicted molar refractivity (Wildman–Crippen MR) is 93.5 cm³/mol. The van der Waals surface area contributed by atoms with Gasteiger partial charge in [0, 0.05) is 12.5 Å². The maximum Gasteiger partial charge on any atom is 0.322 e. The fourth-order valence-electron chi connectivity index (χ4n) is 4.42. The van der Waals surface area contributed by atoms with Crippen LogP contribution in [0.2, 0.25) is 0 Å². The largest absolute Gasteiger partial charge is 0.486 e. The SMILES string of the molecule is O=C1NC(=O)[C@]2(CCCN(C(=O)[C@H]3C[C@@H]3c3ccc4c(c3)OCCO4)C2)N1. The zero-order chi connectivity index (χ0) is 18.6. The molecule has 4 amide bonds. The van der Waals surface area contributed by atoms with Crippen LogP contribution in [0, 0.1) is 5.92 Å². The number of benzene rings is 1. The van der Waals surface area contributed by atoms with E-state index < -0.39 is 11.6 Å². The van der Waals surface area contributed by atoms with Gasteiger partial charge in [0.05, 0.1) is 6.54 Å². The number of carbonyl (C=O) groups is 3. The first kappa shape index (κ1) is 16.4. The average Bonchev–Trinajstić information content (AvgIpc) is 3.43. The molecule has 0 aromatic heterocycles. The third-order valence-electron chi connectivity index (χ3n) is 5.92. The van der Waals surface area contributed by atoms with Crippen LogP contribution < -0.4 is 20.1 Å². The van der Waals surface area contributed by atoms with Crippen molar-refractivity contribution in [2.45, 2.75) is 30.7 Å². The lowest BCUT2D eigenvalue weighted by Crippen LogP contribution is -2.59. The molecule has 5 rings (SSSR count). The highest BCUT2D eigenvalue weighted by atomic mass is 16.6. The molecule has 8 heteroatoms. The standard InChI is InChI=1S/C19H21N3O5/c23-16(22-5-1-4-19(10-22)17(24)20-18(25)21-19)13-9-12(13)11-2-3-14-15(8-11)27-7-6-26-14/h2-3,8,12-13H,1,4-7,9-10H2,(H2,20,21,24,25)/t12-,13+,19-/m1/s1. The molecule has 1 aliphatic carbocycles. The second-order valence-electron chi connectivity index (χ2n) is 7.71. The molecular formula is C19H21N3O5. The van der Waals surface area contributed by atoms with E-state index in [4.69, 9.17) is 9.47 Å². The molecule has 0 bridgehead atoms. The summed E-state index contributed by atoms with van der Waals surface area (Å²) in [6, 6.07) is 5.38. The molecular weight excluding hydrogens is 350 g/mol. The van der Waals surface area contributed by atoms with Crippen LogP contribution in [0.3, 0.4) is 0 Å². The van der Waals surface area contributed by atoms with E-state index in [-0.39, 0.29) is 30.2 Å². The lowest BCUT2D eigenvalue weighted by Gasteiger charge is -2.38. The van der Waals surface area contributed by atoms with E-state index >= 15 is 0 Å². The van der Waals surface area contributed by atoms with Gasteiger partial charge in [-0.15, -0.1) is 0 Å². The number of fused-ring (bicyclic) bond motifs is 1. The molecule has 2 N–H and O–H groups in total. The van der Waals surface area contributed by atoms with Gasteiger partial charge in [0.1, 0.15) is 18.8 Å². The molecule has 3 heterocycles. The van der Waals surface area contributed by atoms with Gasteiger partial charge in [-0.2, -0.15) is 0 Å². The molecule has 3 atom stereocenters. The van der Waals surface area contributed by atoms with E-state index in [1.807, 2.05) is 18.2 Å². The number of amides is 4. The van der Waals surface area contributed by atoms with Gasteiger partial charge in [0.15, 0.2) is 11.5 Å². The summed E-state index contributed by atoms with van der Waals surface area (Å²) in [5, 5.41) is 5.01. The van der Waals surface area contributed by atoms with E-state index in [2.05, 4.69) is 10.6 Å². The maximum atomic E-state index is 13.0. The first-order valence-electron chi connectivity index (χ1n) is 9.38. The molecule has 1 saturated carbocycles. The summed E-state index contributed by atoms with van der Waals surface area (Å²) in [5.41, 5.74) is 0.114. The van der Waals surface area contributed by atoms with Crippen LogP contribution >= 0.6 is 0 Å². The number of urea groups is 1. The topological polar surface area (TPSA) is 97.0 Å². The van der Waals surface area contributed by atoms with E-state index in [0.717, 1.165) is 23.5 Å². The third-order valence-corrected chi connectivity index (χ3v) is 5.92. The number of ether oxygens (including phenoxy) is 2. The van der Waals surface area contributed by atoms with Crippen molar-refractivity contribution in [3.8, 4) is 11.5 Å². The summed E-state index contributed by atoms with van der Waals surface area (Å²) in [7, 11) is 0. The summed E-state index contributed by atoms with van der Waals surface area (Å²) in [5.74, 6) is 1.29. The van der Waals surface area contributed by atoms with Crippen molar-refractivity contribution in [2.75, 3.05) is 26.3 Å². The Labute approximate surface area is 156 Å². The first-order valence-corrected chi connectivity index (χ1v) is 9.38. The quantitative estimate of drug-likeness (QED) is 0.749. The minimum atomic E-state index is -0.966. The second kappa shape index (κ2) is 5.87. The van der Waals surface area contributed by atoms with Gasteiger partial charge < -0.3 is 19.7 Å². The molecule has 8 nitrogen and oxygen atoms in total. The number of nitrogens with one attached hydrogen (secondary N) is 2. The third kappa shape index (κ3) is 2.70. The highest BCUT2D eigenvalue weighted by Gasteiger charge is 2.52. The Bertz CT molecular complexity index is 841. The lowest BCUT2D eigenvalue weighted by molar-refractivity contribution is -0.137. The molecule has 3 fully saturated rings. The van der Waals surface area contributed by atoms with E-state index in [1.165, 1.54) is 0 Å². The van der Waals surface area contributed by atoms with Gasteiger partial charge >= 0.3 is 6.03 Å². The number of carbonyl (C=O) groups excluding carboxylic acids is 3. The number of piperidine rings is 1. The van der Waals surface area contributed by atoms with Crippen molar-refractivity contribution in [2.24, 2.45) is 5.92 Å². The second-order valence-corrected chi connectivity index (χ2v) is 7.71. The van der Waals surface area contributed by atoms with Crippen molar-refractivity contribution in [3.05, 3.63) is 23.8 Å². The normalized spacial score (nSPS) is 31.5. The number of likely N-dealkylation sites (tertiary alicyclic amines) is 1. The van der Waals surface area contributed by atoms with Gasteiger partial charge in [0.25, 0.3) is 5.91 Å². The number of hydrogen-bond acceptors (Lipinski definition) is 5. The minimum absolute atomic E-state index is 0.0583. The molecule has 1 aromatic rings. The summed E-state index contributed by atoms with van der Waals surface area (Å²) in [6.45, 7) is 1.95. The van der Waals surface area contributed by atoms with Crippen molar-refractivity contribution in [3.63, 3.8) is 0 Å². The Morgan fingerprint density at radius 2 is 2.00 bits per heavy atom. The number of imide groups is 1. The summed E-state index contributed by atoms with van der Waals surface area (Å²) < 4.78 is 11.2. The molecule has 0 radical (unpaired) electrons. The average molecular weight is 371 g/mol. The van der Waals surface area contributed by atoms with Crippen molar-refractivity contribution >= 4 is 17.8 Å². The Morgan fingerprint density at radius 3 is 2.78 bits per heavy atom. The predicted octanol–water partition coefficient (Wildman–Crippen LogP) is 0.762. The van der Waals surface area contributed by atoms with Crippen LogP contribution in [-0.2, 0) is 9.59 Å². The monoisotopic (exact) mass is 371 g/mol. The van der Waals surface area contributed by atoms with Crippen molar-refractivity contribution in [1.29, 1.82) is 0 Å². The molecule has 27 heavy (non-hydrogen) atoms. The Kier molecular flexibility index (Phi) is 3.57. The number of rotatable bonds is 2. The van der Waals surface area contributed by atoms with Crippen LogP contribution in [0.15, 0.2) is 18.2 Å². The highest BCUT2D eigenvalue weighted by Crippen LogP contribution is 2.50. The molecule has 2 saturated heterocycles. The smallest absolute Gasteiger partial charge is 0.322 e. The zero-order valence-electron chi connectivity index (χ0n) is 14.8. The van der Waals surface area contributed by atoms with Gasteiger partial charge in [-0.3, -0.25) is 14.9 Å². The molecule has 3 aliphatic heterocycles. The van der Waals surface area contributed by atoms with Crippen LogP contribution in [0.5, 0.6) is 11.5 Å². The van der Waals surface area contributed by atoms with Crippen molar-refractivity contribution < 1.29 is 23.9 Å². The Morgan fingerprint density at radius 1 is 1.19 bits per heavy atom. The zero-order valence-corrected chi connectivity index (χ0v) is 14.8. The highest BCUT2D eigenvalue weighted by molar-refractivity contribution is 6.07. The number of nitrogens with zero attached hydrogens (tertiary/aromatic N) is 1. The molecule has 142 valence electrons. The first-order chi connectivity index (χ1) is 13.1. The van der Waals surface area contributed by atoms with Crippen LogP contribution in [0.4, 0.5) is 4.79 Å². The molecule has 1 aromatic carbocycles.